The van der Waals surface area contributed by atoms with Gasteiger partial charge in [-0.15, -0.1) is 0 Å². The minimum absolute atomic E-state index is 0.180. The highest BCUT2D eigenvalue weighted by molar-refractivity contribution is 7.92. The summed E-state index contributed by atoms with van der Waals surface area (Å²) in [6.07, 6.45) is 1.07. The number of rotatable bonds is 8. The molecule has 27 heavy (non-hydrogen) atoms. The van der Waals surface area contributed by atoms with Crippen molar-refractivity contribution in [1.29, 1.82) is 0 Å². The molecule has 1 amide bonds. The van der Waals surface area contributed by atoms with Crippen molar-refractivity contribution in [1.82, 2.24) is 5.32 Å². The first-order valence-corrected chi connectivity index (χ1v) is 10.2. The van der Waals surface area contributed by atoms with E-state index in [1.54, 1.807) is 26.0 Å². The van der Waals surface area contributed by atoms with Crippen LogP contribution in [0.5, 0.6) is 5.75 Å². The third kappa shape index (κ3) is 5.96. The van der Waals surface area contributed by atoms with Gasteiger partial charge in [-0.1, -0.05) is 18.2 Å². The number of carbonyl (C=O) groups excluding carboxylic acids is 1. The molecule has 0 unspecified atom stereocenters. The predicted molar refractivity (Wildman–Crippen MR) is 103 cm³/mol. The van der Waals surface area contributed by atoms with Crippen LogP contribution in [-0.2, 0) is 14.8 Å². The van der Waals surface area contributed by atoms with Gasteiger partial charge in [-0.25, -0.2) is 12.8 Å². The number of amides is 1. The first-order valence-electron chi connectivity index (χ1n) is 8.37. The van der Waals surface area contributed by atoms with E-state index >= 15 is 0 Å². The Morgan fingerprint density at radius 3 is 2.26 bits per heavy atom. The molecule has 0 radical (unpaired) electrons. The fourth-order valence-electron chi connectivity index (χ4n) is 2.64. The summed E-state index contributed by atoms with van der Waals surface area (Å²) in [5, 5.41) is 2.63. The molecule has 146 valence electrons. The maximum Gasteiger partial charge on any atom is 0.240 e. The van der Waals surface area contributed by atoms with E-state index in [1.807, 2.05) is 6.07 Å². The van der Waals surface area contributed by atoms with Gasteiger partial charge in [0, 0.05) is 0 Å². The smallest absolute Gasteiger partial charge is 0.240 e. The number of nitrogens with zero attached hydrogens (tertiary/aromatic N) is 1. The summed E-state index contributed by atoms with van der Waals surface area (Å²) in [5.41, 5.74) is 2.05. The molecule has 0 atom stereocenters. The number of carbonyl (C=O) groups is 1. The molecule has 0 heterocycles. The molecular weight excluding hydrogens is 371 g/mol. The number of halogens is 1. The van der Waals surface area contributed by atoms with Gasteiger partial charge in [0.1, 0.15) is 24.7 Å². The summed E-state index contributed by atoms with van der Waals surface area (Å²) < 4.78 is 43.7. The number of para-hydroxylation sites is 1. The van der Waals surface area contributed by atoms with E-state index in [-0.39, 0.29) is 25.5 Å². The maximum atomic E-state index is 12.8. The van der Waals surface area contributed by atoms with E-state index in [1.165, 1.54) is 24.3 Å². The Labute approximate surface area is 159 Å². The van der Waals surface area contributed by atoms with Gasteiger partial charge in [-0.2, -0.15) is 0 Å². The molecule has 1 N–H and O–H groups in total. The van der Waals surface area contributed by atoms with Crippen LogP contribution in [0, 0.1) is 19.7 Å². The second-order valence-corrected chi connectivity index (χ2v) is 8.07. The van der Waals surface area contributed by atoms with Crippen LogP contribution < -0.4 is 14.4 Å². The minimum Gasteiger partial charge on any atom is -0.492 e. The molecule has 2 aromatic rings. The van der Waals surface area contributed by atoms with Crippen LogP contribution >= 0.6 is 0 Å². The Morgan fingerprint density at radius 1 is 1.11 bits per heavy atom. The zero-order chi connectivity index (χ0) is 20.0. The molecule has 0 saturated carbocycles. The summed E-state index contributed by atoms with van der Waals surface area (Å²) >= 11 is 0. The average molecular weight is 394 g/mol. The molecule has 0 aliphatic carbocycles. The van der Waals surface area contributed by atoms with Crippen LogP contribution in [0.4, 0.5) is 10.1 Å². The first-order chi connectivity index (χ1) is 12.7. The second-order valence-electron chi connectivity index (χ2n) is 6.16. The van der Waals surface area contributed by atoms with E-state index in [0.717, 1.165) is 21.7 Å². The molecule has 6 nitrogen and oxygen atoms in total. The molecule has 0 fully saturated rings. The van der Waals surface area contributed by atoms with Crippen molar-refractivity contribution in [2.45, 2.75) is 13.8 Å². The lowest BCUT2D eigenvalue weighted by atomic mass is 10.1. The molecule has 2 rings (SSSR count). The molecule has 0 bridgehead atoms. The molecule has 0 spiro atoms. The molecule has 2 aromatic carbocycles. The van der Waals surface area contributed by atoms with Crippen LogP contribution in [-0.4, -0.2) is 40.3 Å². The van der Waals surface area contributed by atoms with Crippen molar-refractivity contribution in [3.63, 3.8) is 0 Å². The molecule has 0 saturated heterocycles. The van der Waals surface area contributed by atoms with Gasteiger partial charge in [0.2, 0.25) is 15.9 Å². The highest BCUT2D eigenvalue weighted by Gasteiger charge is 2.23. The lowest BCUT2D eigenvalue weighted by Crippen LogP contribution is -2.42. The summed E-state index contributed by atoms with van der Waals surface area (Å²) in [6.45, 7) is 3.66. The molecule has 0 aliphatic rings. The van der Waals surface area contributed by atoms with Crippen molar-refractivity contribution in [3.05, 3.63) is 59.4 Å². The normalized spacial score (nSPS) is 11.1. The Bertz CT molecular complexity index is 878. The summed E-state index contributed by atoms with van der Waals surface area (Å²) in [4.78, 5) is 12.2. The van der Waals surface area contributed by atoms with Crippen molar-refractivity contribution in [2.75, 3.05) is 30.3 Å². The lowest BCUT2D eigenvalue weighted by molar-refractivity contribution is -0.119. The first kappa shape index (κ1) is 20.7. The van der Waals surface area contributed by atoms with Gasteiger partial charge in [-0.3, -0.25) is 9.10 Å². The number of sulfonamides is 1. The van der Waals surface area contributed by atoms with Crippen LogP contribution in [0.3, 0.4) is 0 Å². The zero-order valence-electron chi connectivity index (χ0n) is 15.5. The quantitative estimate of drug-likeness (QED) is 0.698. The highest BCUT2D eigenvalue weighted by atomic mass is 32.2. The molecule has 0 aromatic heterocycles. The van der Waals surface area contributed by atoms with E-state index < -0.39 is 15.9 Å². The van der Waals surface area contributed by atoms with Crippen molar-refractivity contribution < 1.29 is 22.3 Å². The zero-order valence-corrected chi connectivity index (χ0v) is 16.3. The van der Waals surface area contributed by atoms with E-state index in [0.29, 0.717) is 11.4 Å². The highest BCUT2D eigenvalue weighted by Crippen LogP contribution is 2.26. The SMILES string of the molecule is Cc1cccc(C)c1N(CC(=O)NCCOc1ccc(F)cc1)S(C)(=O)=O. The minimum atomic E-state index is -3.63. The van der Waals surface area contributed by atoms with E-state index in [2.05, 4.69) is 5.32 Å². The lowest BCUT2D eigenvalue weighted by Gasteiger charge is -2.25. The third-order valence-corrected chi connectivity index (χ3v) is 5.00. The Morgan fingerprint density at radius 2 is 1.70 bits per heavy atom. The Kier molecular flexibility index (Phi) is 6.79. The van der Waals surface area contributed by atoms with Crippen LogP contribution in [0.25, 0.3) is 0 Å². The molecule has 0 aliphatic heterocycles. The van der Waals surface area contributed by atoms with Gasteiger partial charge in [0.15, 0.2) is 0 Å². The van der Waals surface area contributed by atoms with Crippen LogP contribution in [0.15, 0.2) is 42.5 Å². The Balaban J connectivity index is 1.95. The number of hydrogen-bond acceptors (Lipinski definition) is 4. The van der Waals surface area contributed by atoms with E-state index in [4.69, 9.17) is 4.74 Å². The van der Waals surface area contributed by atoms with Gasteiger partial charge in [-0.05, 0) is 49.2 Å². The number of aryl methyl sites for hydroxylation is 2. The van der Waals surface area contributed by atoms with Crippen LogP contribution in [0.1, 0.15) is 11.1 Å². The number of hydrogen-bond donors (Lipinski definition) is 1. The predicted octanol–water partition coefficient (Wildman–Crippen LogP) is 2.40. The molecular formula is C19H23FN2O4S. The monoisotopic (exact) mass is 394 g/mol. The third-order valence-electron chi connectivity index (χ3n) is 3.88. The molecule has 8 heteroatoms. The number of benzene rings is 2. The van der Waals surface area contributed by atoms with Crippen LogP contribution in [0.2, 0.25) is 0 Å². The van der Waals surface area contributed by atoms with E-state index in [9.17, 15) is 17.6 Å². The number of anilines is 1. The summed E-state index contributed by atoms with van der Waals surface area (Å²) in [7, 11) is -3.63. The van der Waals surface area contributed by atoms with Gasteiger partial charge < -0.3 is 10.1 Å². The van der Waals surface area contributed by atoms with Gasteiger partial charge in [0.25, 0.3) is 0 Å². The van der Waals surface area contributed by atoms with Gasteiger partial charge in [0.05, 0.1) is 18.5 Å². The fourth-order valence-corrected chi connectivity index (χ4v) is 3.61. The standard InChI is InChI=1S/C19H23FN2O4S/c1-14-5-4-6-15(2)19(14)22(27(3,24)25)13-18(23)21-11-12-26-17-9-7-16(20)8-10-17/h4-10H,11-13H2,1-3H3,(H,21,23). The second kappa shape index (κ2) is 8.85. The van der Waals surface area contributed by atoms with Crippen molar-refractivity contribution >= 4 is 21.6 Å². The number of nitrogens with one attached hydrogen (secondary N) is 1. The average Bonchev–Trinajstić information content (AvgIpc) is 2.58. The number of ether oxygens (including phenoxy) is 1. The topological polar surface area (TPSA) is 75.7 Å². The summed E-state index contributed by atoms with van der Waals surface area (Å²) in [5.74, 6) is -0.312. The Hall–Kier alpha value is -2.61. The van der Waals surface area contributed by atoms with Crippen molar-refractivity contribution in [2.24, 2.45) is 0 Å². The maximum absolute atomic E-state index is 12.8. The fraction of sp³-hybridized carbons (Fsp3) is 0.316. The summed E-state index contributed by atoms with van der Waals surface area (Å²) in [6, 6.07) is 11.0. The van der Waals surface area contributed by atoms with Gasteiger partial charge >= 0.3 is 0 Å². The largest absolute Gasteiger partial charge is 0.492 e. The van der Waals surface area contributed by atoms with Crippen molar-refractivity contribution in [3.8, 4) is 5.75 Å².